The van der Waals surface area contributed by atoms with Gasteiger partial charge in [-0.25, -0.2) is 0 Å². The highest BCUT2D eigenvalue weighted by molar-refractivity contribution is 6.32. The van der Waals surface area contributed by atoms with Crippen LogP contribution >= 0.6 is 11.6 Å². The van der Waals surface area contributed by atoms with Crippen LogP contribution in [0.3, 0.4) is 0 Å². The molecule has 1 aliphatic rings. The Bertz CT molecular complexity index is 781. The average Bonchev–Trinajstić information content (AvgIpc) is 3.45. The second-order valence-corrected chi connectivity index (χ2v) is 6.70. The van der Waals surface area contributed by atoms with E-state index in [-0.39, 0.29) is 5.91 Å². The molecular weight excluding hydrogens is 334 g/mol. The molecule has 2 aromatic carbocycles. The third-order valence-electron chi connectivity index (χ3n) is 4.29. The highest BCUT2D eigenvalue weighted by Crippen LogP contribution is 2.28. The molecule has 0 aromatic heterocycles. The number of nitriles is 1. The van der Waals surface area contributed by atoms with Gasteiger partial charge in [-0.15, -0.1) is 0 Å². The summed E-state index contributed by atoms with van der Waals surface area (Å²) in [7, 11) is 0. The van der Waals surface area contributed by atoms with Gasteiger partial charge in [-0.1, -0.05) is 41.9 Å². The molecule has 3 rings (SSSR count). The molecule has 0 unspecified atom stereocenters. The molecule has 0 bridgehead atoms. The first-order valence-corrected chi connectivity index (χ1v) is 8.81. The third kappa shape index (κ3) is 5.06. The molecule has 0 saturated heterocycles. The third-order valence-corrected chi connectivity index (χ3v) is 4.60. The molecule has 1 N–H and O–H groups in total. The van der Waals surface area contributed by atoms with Gasteiger partial charge >= 0.3 is 0 Å². The normalized spacial score (nSPS) is 13.5. The number of nitrogens with one attached hydrogen (secondary N) is 1. The summed E-state index contributed by atoms with van der Waals surface area (Å²) in [6.45, 7) is 1.61. The van der Waals surface area contributed by atoms with Crippen molar-refractivity contribution < 1.29 is 4.79 Å². The highest BCUT2D eigenvalue weighted by atomic mass is 35.5. The molecule has 1 saturated carbocycles. The lowest BCUT2D eigenvalue weighted by Gasteiger charge is -2.21. The molecule has 1 aliphatic carbocycles. The standard InChI is InChI=1S/C20H20ClN3O/c21-19-12-17(7-6-16(19)13-22)23-20(25)10-11-24(18-8-9-18)14-15-4-2-1-3-5-15/h1-7,12,18H,8-11,14H2,(H,23,25). The van der Waals surface area contributed by atoms with Crippen molar-refractivity contribution in [2.24, 2.45) is 0 Å². The van der Waals surface area contributed by atoms with Crippen LogP contribution in [0.25, 0.3) is 0 Å². The summed E-state index contributed by atoms with van der Waals surface area (Å²) in [4.78, 5) is 14.6. The van der Waals surface area contributed by atoms with E-state index in [1.807, 2.05) is 24.3 Å². The summed E-state index contributed by atoms with van der Waals surface area (Å²) >= 11 is 6.00. The predicted octanol–water partition coefficient (Wildman–Crippen LogP) is 4.20. The number of rotatable bonds is 7. The maximum atomic E-state index is 12.2. The van der Waals surface area contributed by atoms with Crippen molar-refractivity contribution in [2.75, 3.05) is 11.9 Å². The van der Waals surface area contributed by atoms with Gasteiger partial charge < -0.3 is 5.32 Å². The van der Waals surface area contributed by atoms with Crippen molar-refractivity contribution in [1.29, 1.82) is 5.26 Å². The quantitative estimate of drug-likeness (QED) is 0.811. The number of benzene rings is 2. The van der Waals surface area contributed by atoms with Crippen LogP contribution in [0.2, 0.25) is 5.02 Å². The van der Waals surface area contributed by atoms with E-state index in [4.69, 9.17) is 16.9 Å². The first-order valence-electron chi connectivity index (χ1n) is 8.43. The summed E-state index contributed by atoms with van der Waals surface area (Å²) in [6.07, 6.45) is 2.85. The van der Waals surface area contributed by atoms with Crippen LogP contribution in [-0.2, 0) is 11.3 Å². The van der Waals surface area contributed by atoms with Crippen molar-refractivity contribution in [1.82, 2.24) is 4.90 Å². The van der Waals surface area contributed by atoms with Crippen molar-refractivity contribution in [2.45, 2.75) is 31.8 Å². The number of halogens is 1. The smallest absolute Gasteiger partial charge is 0.225 e. The Morgan fingerprint density at radius 1 is 1.24 bits per heavy atom. The Balaban J connectivity index is 1.53. The molecule has 0 aliphatic heterocycles. The molecule has 0 atom stereocenters. The van der Waals surface area contributed by atoms with Gasteiger partial charge in [0.15, 0.2) is 0 Å². The van der Waals surface area contributed by atoms with Gasteiger partial charge in [0.2, 0.25) is 5.91 Å². The van der Waals surface area contributed by atoms with Crippen LogP contribution in [0.1, 0.15) is 30.4 Å². The number of carbonyl (C=O) groups is 1. The Morgan fingerprint density at radius 2 is 2.00 bits per heavy atom. The summed E-state index contributed by atoms with van der Waals surface area (Å²) in [6, 6.07) is 17.9. The maximum absolute atomic E-state index is 12.2. The fourth-order valence-corrected chi connectivity index (χ4v) is 3.02. The van der Waals surface area contributed by atoms with E-state index >= 15 is 0 Å². The van der Waals surface area contributed by atoms with Crippen molar-refractivity contribution >= 4 is 23.2 Å². The van der Waals surface area contributed by atoms with E-state index in [9.17, 15) is 4.79 Å². The van der Waals surface area contributed by atoms with Gasteiger partial charge in [-0.05, 0) is 36.6 Å². The van der Waals surface area contributed by atoms with E-state index in [1.54, 1.807) is 18.2 Å². The maximum Gasteiger partial charge on any atom is 0.225 e. The summed E-state index contributed by atoms with van der Waals surface area (Å²) < 4.78 is 0. The summed E-state index contributed by atoms with van der Waals surface area (Å²) in [5.74, 6) is -0.0421. The van der Waals surface area contributed by atoms with Crippen molar-refractivity contribution in [3.05, 3.63) is 64.7 Å². The SMILES string of the molecule is N#Cc1ccc(NC(=O)CCN(Cc2ccccc2)C2CC2)cc1Cl. The van der Waals surface area contributed by atoms with Crippen LogP contribution in [0, 0.1) is 11.3 Å². The zero-order chi connectivity index (χ0) is 17.6. The van der Waals surface area contributed by atoms with Gasteiger partial charge in [0.05, 0.1) is 10.6 Å². The molecule has 25 heavy (non-hydrogen) atoms. The van der Waals surface area contributed by atoms with Crippen LogP contribution in [0.5, 0.6) is 0 Å². The molecule has 1 fully saturated rings. The van der Waals surface area contributed by atoms with E-state index in [0.29, 0.717) is 28.7 Å². The number of anilines is 1. The number of hydrogen-bond acceptors (Lipinski definition) is 3. The molecule has 5 heteroatoms. The van der Waals surface area contributed by atoms with E-state index in [0.717, 1.165) is 13.1 Å². The fraction of sp³-hybridized carbons (Fsp3) is 0.300. The van der Waals surface area contributed by atoms with Crippen LogP contribution in [-0.4, -0.2) is 23.4 Å². The van der Waals surface area contributed by atoms with Gasteiger partial charge in [0.1, 0.15) is 6.07 Å². The minimum absolute atomic E-state index is 0.0421. The lowest BCUT2D eigenvalue weighted by Crippen LogP contribution is -2.29. The van der Waals surface area contributed by atoms with Gasteiger partial charge in [0, 0.05) is 31.2 Å². The summed E-state index contributed by atoms with van der Waals surface area (Å²) in [5.41, 5.74) is 2.30. The molecule has 0 spiro atoms. The number of nitrogens with zero attached hydrogens (tertiary/aromatic N) is 2. The van der Waals surface area contributed by atoms with Gasteiger partial charge in [0.25, 0.3) is 0 Å². The Hall–Kier alpha value is -2.35. The van der Waals surface area contributed by atoms with Gasteiger partial charge in [-0.3, -0.25) is 9.69 Å². The second kappa shape index (κ2) is 8.15. The molecular formula is C20H20ClN3O. The molecule has 0 radical (unpaired) electrons. The fourth-order valence-electron chi connectivity index (χ4n) is 2.80. The first kappa shape index (κ1) is 17.5. The first-order chi connectivity index (χ1) is 12.2. The van der Waals surface area contributed by atoms with E-state index in [1.165, 1.54) is 18.4 Å². The number of hydrogen-bond donors (Lipinski definition) is 1. The molecule has 2 aromatic rings. The van der Waals surface area contributed by atoms with Crippen LogP contribution < -0.4 is 5.32 Å². The highest BCUT2D eigenvalue weighted by Gasteiger charge is 2.29. The van der Waals surface area contributed by atoms with Crippen LogP contribution in [0.4, 0.5) is 5.69 Å². The Morgan fingerprint density at radius 3 is 2.64 bits per heavy atom. The number of carbonyl (C=O) groups excluding carboxylic acids is 1. The largest absolute Gasteiger partial charge is 0.326 e. The lowest BCUT2D eigenvalue weighted by atomic mass is 10.2. The second-order valence-electron chi connectivity index (χ2n) is 6.29. The van der Waals surface area contributed by atoms with Gasteiger partial charge in [-0.2, -0.15) is 5.26 Å². The monoisotopic (exact) mass is 353 g/mol. The van der Waals surface area contributed by atoms with Crippen molar-refractivity contribution in [3.63, 3.8) is 0 Å². The topological polar surface area (TPSA) is 56.1 Å². The van der Waals surface area contributed by atoms with Crippen molar-refractivity contribution in [3.8, 4) is 6.07 Å². The summed E-state index contributed by atoms with van der Waals surface area (Å²) in [5, 5.41) is 12.1. The minimum atomic E-state index is -0.0421. The Kier molecular flexibility index (Phi) is 5.70. The molecule has 128 valence electrons. The zero-order valence-corrected chi connectivity index (χ0v) is 14.7. The predicted molar refractivity (Wildman–Crippen MR) is 99.3 cm³/mol. The Labute approximate surface area is 153 Å². The molecule has 1 amide bonds. The minimum Gasteiger partial charge on any atom is -0.326 e. The van der Waals surface area contributed by atoms with E-state index < -0.39 is 0 Å². The van der Waals surface area contributed by atoms with Crippen LogP contribution in [0.15, 0.2) is 48.5 Å². The number of amides is 1. The molecule has 0 heterocycles. The molecule has 4 nitrogen and oxygen atoms in total. The van der Waals surface area contributed by atoms with E-state index in [2.05, 4.69) is 22.3 Å². The zero-order valence-electron chi connectivity index (χ0n) is 13.9. The average molecular weight is 354 g/mol. The lowest BCUT2D eigenvalue weighted by molar-refractivity contribution is -0.116.